The van der Waals surface area contributed by atoms with Crippen molar-refractivity contribution in [3.63, 3.8) is 0 Å². The number of carbonyl (C=O) groups is 2. The van der Waals surface area contributed by atoms with Crippen LogP contribution in [-0.2, 0) is 14.6 Å². The molecule has 3 heterocycles. The molecule has 9 nitrogen and oxygen atoms in total. The number of urea groups is 1. The molecule has 2 fully saturated rings. The predicted octanol–water partition coefficient (Wildman–Crippen LogP) is 0.983. The van der Waals surface area contributed by atoms with Gasteiger partial charge in [0.25, 0.3) is 0 Å². The molecule has 1 aromatic heterocycles. The summed E-state index contributed by atoms with van der Waals surface area (Å²) in [6.07, 6.45) is 3.87. The average molecular weight is 417 g/mol. The van der Waals surface area contributed by atoms with Crippen LogP contribution in [-0.4, -0.2) is 77.6 Å². The zero-order chi connectivity index (χ0) is 20.4. The van der Waals surface area contributed by atoms with E-state index in [0.717, 1.165) is 5.69 Å². The summed E-state index contributed by atoms with van der Waals surface area (Å²) in [6.45, 7) is 1.62. The first-order valence-corrected chi connectivity index (χ1v) is 11.4. The number of sulfone groups is 1. The second-order valence-electron chi connectivity index (χ2n) is 7.31. The topological polar surface area (TPSA) is 105 Å². The first kappa shape index (κ1) is 19.4. The van der Waals surface area contributed by atoms with Gasteiger partial charge >= 0.3 is 6.03 Å². The Morgan fingerprint density at radius 2 is 1.76 bits per heavy atom. The third-order valence-electron chi connectivity index (χ3n) is 5.36. The van der Waals surface area contributed by atoms with Gasteiger partial charge in [0.05, 0.1) is 28.8 Å². The molecule has 0 bridgehead atoms. The molecule has 0 saturated carbocycles. The summed E-state index contributed by atoms with van der Waals surface area (Å²) in [5.74, 6) is -0.533. The Bertz CT molecular complexity index is 997. The molecule has 0 radical (unpaired) electrons. The highest BCUT2D eigenvalue weighted by atomic mass is 32.2. The smallest absolute Gasteiger partial charge is 0.322 e. The second kappa shape index (κ2) is 7.86. The van der Waals surface area contributed by atoms with Crippen LogP contribution in [0.25, 0.3) is 5.69 Å². The standard InChI is InChI=1S/C19H23N5O4S/c25-18(15-6-13-29(27,28)14-15)22-9-11-23(12-10-22)19(26)21-16-4-1-2-5-17(16)24-8-3-7-20-24/h1-5,7-8,15H,6,9-14H2,(H,21,26). The molecule has 3 amide bonds. The Morgan fingerprint density at radius 3 is 2.41 bits per heavy atom. The van der Waals surface area contributed by atoms with E-state index in [-0.39, 0.29) is 23.4 Å². The van der Waals surface area contributed by atoms with E-state index in [1.54, 1.807) is 26.9 Å². The van der Waals surface area contributed by atoms with Crippen LogP contribution in [0.2, 0.25) is 0 Å². The lowest BCUT2D eigenvalue weighted by Gasteiger charge is -2.35. The van der Waals surface area contributed by atoms with E-state index in [1.165, 1.54) is 0 Å². The summed E-state index contributed by atoms with van der Waals surface area (Å²) in [6, 6.07) is 8.98. The lowest BCUT2D eigenvalue weighted by atomic mass is 10.1. The zero-order valence-electron chi connectivity index (χ0n) is 15.9. The fourth-order valence-corrected chi connectivity index (χ4v) is 5.50. The van der Waals surface area contributed by atoms with Crippen LogP contribution in [0.3, 0.4) is 0 Å². The number of benzene rings is 1. The minimum atomic E-state index is -3.09. The largest absolute Gasteiger partial charge is 0.339 e. The van der Waals surface area contributed by atoms with Gasteiger partial charge in [-0.15, -0.1) is 0 Å². The van der Waals surface area contributed by atoms with Gasteiger partial charge in [-0.1, -0.05) is 12.1 Å². The summed E-state index contributed by atoms with van der Waals surface area (Å²) >= 11 is 0. The minimum absolute atomic E-state index is 0.0588. The number of anilines is 1. The molecule has 0 spiro atoms. The molecular formula is C19H23N5O4S. The van der Waals surface area contributed by atoms with Crippen LogP contribution in [0.5, 0.6) is 0 Å². The zero-order valence-corrected chi connectivity index (χ0v) is 16.7. The van der Waals surface area contributed by atoms with Gasteiger partial charge < -0.3 is 15.1 Å². The molecule has 1 unspecified atom stereocenters. The number of aromatic nitrogens is 2. The molecule has 10 heteroatoms. The van der Waals surface area contributed by atoms with Gasteiger partial charge in [-0.3, -0.25) is 4.79 Å². The Labute approximate surface area is 169 Å². The van der Waals surface area contributed by atoms with Crippen molar-refractivity contribution >= 4 is 27.5 Å². The van der Waals surface area contributed by atoms with Crippen molar-refractivity contribution in [3.8, 4) is 5.69 Å². The van der Waals surface area contributed by atoms with Crippen LogP contribution in [0.4, 0.5) is 10.5 Å². The number of para-hydroxylation sites is 2. The van der Waals surface area contributed by atoms with Crippen molar-refractivity contribution in [1.29, 1.82) is 0 Å². The number of piperazine rings is 1. The lowest BCUT2D eigenvalue weighted by Crippen LogP contribution is -2.53. The minimum Gasteiger partial charge on any atom is -0.339 e. The summed E-state index contributed by atoms with van der Waals surface area (Å²) in [7, 11) is -3.09. The third-order valence-corrected chi connectivity index (χ3v) is 7.13. The van der Waals surface area contributed by atoms with Crippen LogP contribution < -0.4 is 5.32 Å². The van der Waals surface area contributed by atoms with Crippen LogP contribution in [0.15, 0.2) is 42.7 Å². The van der Waals surface area contributed by atoms with Crippen molar-refractivity contribution in [2.24, 2.45) is 5.92 Å². The molecule has 2 aliphatic heterocycles. The molecule has 1 N–H and O–H groups in total. The highest BCUT2D eigenvalue weighted by Crippen LogP contribution is 2.22. The summed E-state index contributed by atoms with van der Waals surface area (Å²) in [4.78, 5) is 28.6. The molecular weight excluding hydrogens is 394 g/mol. The molecule has 1 aromatic carbocycles. The number of rotatable bonds is 3. The molecule has 2 saturated heterocycles. The number of hydrogen-bond acceptors (Lipinski definition) is 5. The predicted molar refractivity (Wildman–Crippen MR) is 107 cm³/mol. The van der Waals surface area contributed by atoms with Crippen LogP contribution in [0.1, 0.15) is 6.42 Å². The number of carbonyl (C=O) groups excluding carboxylic acids is 2. The Hall–Kier alpha value is -2.88. The van der Waals surface area contributed by atoms with Crippen molar-refractivity contribution in [3.05, 3.63) is 42.7 Å². The fraction of sp³-hybridized carbons (Fsp3) is 0.421. The first-order chi connectivity index (χ1) is 13.9. The Morgan fingerprint density at radius 1 is 1.03 bits per heavy atom. The van der Waals surface area contributed by atoms with Crippen LogP contribution >= 0.6 is 0 Å². The normalized spacial score (nSPS) is 21.2. The molecule has 2 aromatic rings. The SMILES string of the molecule is O=C(Nc1ccccc1-n1cccn1)N1CCN(C(=O)C2CCS(=O)(=O)C2)CC1. The molecule has 0 aliphatic carbocycles. The van der Waals surface area contributed by atoms with E-state index in [0.29, 0.717) is 38.3 Å². The third kappa shape index (κ3) is 4.26. The maximum atomic E-state index is 12.7. The van der Waals surface area contributed by atoms with E-state index in [2.05, 4.69) is 10.4 Å². The quantitative estimate of drug-likeness (QED) is 0.802. The number of nitrogens with one attached hydrogen (secondary N) is 1. The Kier molecular flexibility index (Phi) is 5.27. The van der Waals surface area contributed by atoms with Crippen molar-refractivity contribution in [2.75, 3.05) is 43.0 Å². The summed E-state index contributed by atoms with van der Waals surface area (Å²) < 4.78 is 24.9. The van der Waals surface area contributed by atoms with E-state index < -0.39 is 15.8 Å². The number of amides is 3. The molecule has 4 rings (SSSR count). The van der Waals surface area contributed by atoms with Crippen molar-refractivity contribution in [2.45, 2.75) is 6.42 Å². The average Bonchev–Trinajstić information content (AvgIpc) is 3.37. The summed E-state index contributed by atoms with van der Waals surface area (Å²) in [5, 5.41) is 7.13. The van der Waals surface area contributed by atoms with Crippen molar-refractivity contribution < 1.29 is 18.0 Å². The first-order valence-electron chi connectivity index (χ1n) is 9.57. The molecule has 1 atom stereocenters. The summed E-state index contributed by atoms with van der Waals surface area (Å²) in [5.41, 5.74) is 1.41. The highest BCUT2D eigenvalue weighted by Gasteiger charge is 2.36. The van der Waals surface area contributed by atoms with E-state index in [9.17, 15) is 18.0 Å². The highest BCUT2D eigenvalue weighted by molar-refractivity contribution is 7.91. The molecule has 154 valence electrons. The monoisotopic (exact) mass is 417 g/mol. The lowest BCUT2D eigenvalue weighted by molar-refractivity contribution is -0.136. The Balaban J connectivity index is 1.35. The van der Waals surface area contributed by atoms with Crippen molar-refractivity contribution in [1.82, 2.24) is 19.6 Å². The van der Waals surface area contributed by atoms with Gasteiger partial charge in [-0.05, 0) is 24.6 Å². The second-order valence-corrected chi connectivity index (χ2v) is 9.54. The van der Waals surface area contributed by atoms with Gasteiger partial charge in [0.2, 0.25) is 5.91 Å². The van der Waals surface area contributed by atoms with Gasteiger partial charge in [0, 0.05) is 38.6 Å². The van der Waals surface area contributed by atoms with Gasteiger partial charge in [-0.2, -0.15) is 5.10 Å². The number of hydrogen-bond donors (Lipinski definition) is 1. The van der Waals surface area contributed by atoms with Gasteiger partial charge in [-0.25, -0.2) is 17.9 Å². The van der Waals surface area contributed by atoms with E-state index in [1.807, 2.05) is 30.3 Å². The molecule has 29 heavy (non-hydrogen) atoms. The van der Waals surface area contributed by atoms with E-state index >= 15 is 0 Å². The van der Waals surface area contributed by atoms with Gasteiger partial charge in [0.15, 0.2) is 9.84 Å². The molecule has 2 aliphatic rings. The number of nitrogens with zero attached hydrogens (tertiary/aromatic N) is 4. The van der Waals surface area contributed by atoms with E-state index in [4.69, 9.17) is 0 Å². The van der Waals surface area contributed by atoms with Crippen LogP contribution in [0, 0.1) is 5.92 Å². The maximum absolute atomic E-state index is 12.7. The fourth-order valence-electron chi connectivity index (χ4n) is 3.76. The van der Waals surface area contributed by atoms with Gasteiger partial charge in [0.1, 0.15) is 0 Å². The maximum Gasteiger partial charge on any atom is 0.322 e.